The van der Waals surface area contributed by atoms with Gasteiger partial charge < -0.3 is 19.7 Å². The maximum Gasteiger partial charge on any atom is 0.322 e. The lowest BCUT2D eigenvalue weighted by atomic mass is 9.91. The average molecular weight is 397 g/mol. The van der Waals surface area contributed by atoms with E-state index < -0.39 is 17.5 Å². The molecule has 1 atom stereocenters. The summed E-state index contributed by atoms with van der Waals surface area (Å²) in [5.41, 5.74) is -0.395. The van der Waals surface area contributed by atoms with Crippen LogP contribution in [0.15, 0.2) is 48.7 Å². The molecule has 2 aromatic carbocycles. The number of nitrogens with zero attached hydrogens (tertiary/aromatic N) is 1. The summed E-state index contributed by atoms with van der Waals surface area (Å²) in [4.78, 5) is 24.5. The van der Waals surface area contributed by atoms with Crippen molar-refractivity contribution in [3.63, 3.8) is 0 Å². The fraction of sp³-hybridized carbons (Fsp3) is 0.238. The molecular weight excluding hydrogens is 377 g/mol. The van der Waals surface area contributed by atoms with Gasteiger partial charge >= 0.3 is 6.03 Å². The summed E-state index contributed by atoms with van der Waals surface area (Å²) < 4.78 is 19.9. The SMILES string of the molecule is COc1ccc2cn(C[C@@]3(CCc4ccc(F)cc4)NC(=O)NC3=O)c(O)c2c1. The van der Waals surface area contributed by atoms with Crippen LogP contribution in [0.5, 0.6) is 11.6 Å². The molecule has 0 radical (unpaired) electrons. The van der Waals surface area contributed by atoms with E-state index in [1.807, 2.05) is 6.07 Å². The lowest BCUT2D eigenvalue weighted by Gasteiger charge is -2.27. The number of aryl methyl sites for hydroxylation is 1. The summed E-state index contributed by atoms with van der Waals surface area (Å²) in [6.07, 6.45) is 2.46. The molecule has 1 saturated heterocycles. The minimum atomic E-state index is -1.23. The van der Waals surface area contributed by atoms with Crippen molar-refractivity contribution in [1.82, 2.24) is 15.2 Å². The van der Waals surface area contributed by atoms with Gasteiger partial charge in [0.2, 0.25) is 0 Å². The zero-order valence-electron chi connectivity index (χ0n) is 15.7. The molecule has 7 nitrogen and oxygen atoms in total. The van der Waals surface area contributed by atoms with Crippen molar-refractivity contribution >= 4 is 22.7 Å². The molecule has 0 bridgehead atoms. The highest BCUT2D eigenvalue weighted by Gasteiger charge is 2.46. The van der Waals surface area contributed by atoms with E-state index in [1.165, 1.54) is 19.2 Å². The van der Waals surface area contributed by atoms with Gasteiger partial charge in [0.1, 0.15) is 17.1 Å². The predicted octanol–water partition coefficient (Wildman–Crippen LogP) is 2.71. The molecule has 3 amide bonds. The van der Waals surface area contributed by atoms with E-state index in [2.05, 4.69) is 10.6 Å². The Morgan fingerprint density at radius 3 is 2.59 bits per heavy atom. The first kappa shape index (κ1) is 18.8. The Hall–Kier alpha value is -3.55. The number of hydrogen-bond acceptors (Lipinski definition) is 4. The number of benzene rings is 2. The zero-order valence-corrected chi connectivity index (χ0v) is 15.7. The number of fused-ring (bicyclic) bond motifs is 1. The number of carbonyl (C=O) groups excluding carboxylic acids is 2. The second-order valence-electron chi connectivity index (χ2n) is 7.15. The van der Waals surface area contributed by atoms with Crippen molar-refractivity contribution < 1.29 is 23.8 Å². The van der Waals surface area contributed by atoms with Crippen molar-refractivity contribution in [1.29, 1.82) is 0 Å². The number of hydrogen-bond donors (Lipinski definition) is 3. The maximum absolute atomic E-state index is 13.1. The highest BCUT2D eigenvalue weighted by molar-refractivity contribution is 6.07. The highest BCUT2D eigenvalue weighted by Crippen LogP contribution is 2.33. The van der Waals surface area contributed by atoms with E-state index in [0.717, 1.165) is 10.9 Å². The van der Waals surface area contributed by atoms with Crippen LogP contribution in [0.1, 0.15) is 12.0 Å². The van der Waals surface area contributed by atoms with E-state index in [4.69, 9.17) is 4.74 Å². The second kappa shape index (κ2) is 7.12. The number of methoxy groups -OCH3 is 1. The maximum atomic E-state index is 13.1. The van der Waals surface area contributed by atoms with Crippen LogP contribution in [-0.2, 0) is 17.8 Å². The zero-order chi connectivity index (χ0) is 20.6. The molecule has 29 heavy (non-hydrogen) atoms. The minimum Gasteiger partial charge on any atom is -0.497 e. The molecule has 0 aliphatic carbocycles. The number of urea groups is 1. The molecule has 3 N–H and O–H groups in total. The molecule has 150 valence electrons. The molecule has 1 aliphatic heterocycles. The van der Waals surface area contributed by atoms with Crippen molar-refractivity contribution in [2.24, 2.45) is 0 Å². The van der Waals surface area contributed by atoms with Gasteiger partial charge in [0.25, 0.3) is 5.91 Å². The lowest BCUT2D eigenvalue weighted by molar-refractivity contribution is -0.124. The Balaban J connectivity index is 1.65. The third-order valence-electron chi connectivity index (χ3n) is 5.28. The van der Waals surface area contributed by atoms with Gasteiger partial charge in [-0.2, -0.15) is 0 Å². The van der Waals surface area contributed by atoms with E-state index >= 15 is 0 Å². The molecule has 0 unspecified atom stereocenters. The summed E-state index contributed by atoms with van der Waals surface area (Å²) in [7, 11) is 1.54. The number of imide groups is 1. The predicted molar refractivity (Wildman–Crippen MR) is 104 cm³/mol. The quantitative estimate of drug-likeness (QED) is 0.558. The number of halogens is 1. The highest BCUT2D eigenvalue weighted by atomic mass is 19.1. The van der Waals surface area contributed by atoms with Crippen molar-refractivity contribution in [2.45, 2.75) is 24.9 Å². The first-order valence-corrected chi connectivity index (χ1v) is 9.14. The van der Waals surface area contributed by atoms with Gasteiger partial charge in [-0.15, -0.1) is 0 Å². The van der Waals surface area contributed by atoms with Crippen LogP contribution in [0.25, 0.3) is 10.8 Å². The molecule has 1 fully saturated rings. The Labute approximate surface area is 166 Å². The molecule has 2 heterocycles. The van der Waals surface area contributed by atoms with Crippen molar-refractivity contribution in [3.8, 4) is 11.6 Å². The number of amides is 3. The largest absolute Gasteiger partial charge is 0.497 e. The second-order valence-corrected chi connectivity index (χ2v) is 7.15. The van der Waals surface area contributed by atoms with Crippen molar-refractivity contribution in [2.75, 3.05) is 7.11 Å². The molecule has 4 rings (SSSR count). The number of aromatic hydroxyl groups is 1. The van der Waals surface area contributed by atoms with Crippen molar-refractivity contribution in [3.05, 3.63) is 60.0 Å². The third kappa shape index (κ3) is 3.49. The van der Waals surface area contributed by atoms with Crippen LogP contribution in [0.2, 0.25) is 0 Å². The Kier molecular flexibility index (Phi) is 4.62. The Bertz CT molecular complexity index is 1090. The van der Waals surface area contributed by atoms with Crippen LogP contribution >= 0.6 is 0 Å². The van der Waals surface area contributed by atoms with Crippen LogP contribution in [-0.4, -0.2) is 34.3 Å². The van der Waals surface area contributed by atoms with Gasteiger partial charge in [0.05, 0.1) is 13.7 Å². The molecule has 1 aliphatic rings. The van der Waals surface area contributed by atoms with Crippen LogP contribution < -0.4 is 15.4 Å². The summed E-state index contributed by atoms with van der Waals surface area (Å²) in [5.74, 6) is -0.216. The van der Waals surface area contributed by atoms with Gasteiger partial charge in [-0.1, -0.05) is 12.1 Å². The Morgan fingerprint density at radius 2 is 1.93 bits per heavy atom. The van der Waals surface area contributed by atoms with Gasteiger partial charge in [0.15, 0.2) is 5.88 Å². The summed E-state index contributed by atoms with van der Waals surface area (Å²) in [5, 5.41) is 17.0. The van der Waals surface area contributed by atoms with Gasteiger partial charge in [-0.3, -0.25) is 10.1 Å². The van der Waals surface area contributed by atoms with E-state index in [0.29, 0.717) is 17.6 Å². The molecule has 0 saturated carbocycles. The minimum absolute atomic E-state index is 0.0194. The third-order valence-corrected chi connectivity index (χ3v) is 5.28. The standard InChI is InChI=1S/C21H20FN3O4/c1-29-16-7-4-14-11-25(18(26)17(14)10-16)12-21(19(27)23-20(28)24-21)9-8-13-2-5-15(22)6-3-13/h2-7,10-11,26H,8-9,12H2,1H3,(H2,23,24,27,28)/t21-/m1/s1. The smallest absolute Gasteiger partial charge is 0.322 e. The number of rotatable bonds is 6. The molecule has 8 heteroatoms. The fourth-order valence-electron chi connectivity index (χ4n) is 3.67. The lowest BCUT2D eigenvalue weighted by Crippen LogP contribution is -2.50. The molecule has 0 spiro atoms. The number of ether oxygens (including phenoxy) is 1. The summed E-state index contributed by atoms with van der Waals surface area (Å²) in [6, 6.07) is 10.7. The normalized spacial score (nSPS) is 18.7. The monoisotopic (exact) mass is 397 g/mol. The van der Waals surface area contributed by atoms with Gasteiger partial charge in [-0.25, -0.2) is 9.18 Å². The number of nitrogens with one attached hydrogen (secondary N) is 2. The van der Waals surface area contributed by atoms with Crippen LogP contribution in [0, 0.1) is 5.82 Å². The topological polar surface area (TPSA) is 92.6 Å². The molecular formula is C21H20FN3O4. The van der Waals surface area contributed by atoms with Crippen LogP contribution in [0.3, 0.4) is 0 Å². The number of carbonyl (C=O) groups is 2. The average Bonchev–Trinajstić information content (AvgIpc) is 3.16. The van der Waals surface area contributed by atoms with E-state index in [9.17, 15) is 19.1 Å². The van der Waals surface area contributed by atoms with Gasteiger partial charge in [-0.05, 0) is 48.7 Å². The fourth-order valence-corrected chi connectivity index (χ4v) is 3.67. The molecule has 3 aromatic rings. The van der Waals surface area contributed by atoms with E-state index in [-0.39, 0.29) is 24.7 Å². The Morgan fingerprint density at radius 1 is 1.17 bits per heavy atom. The number of aromatic nitrogens is 1. The first-order valence-electron chi connectivity index (χ1n) is 9.14. The first-order chi connectivity index (χ1) is 13.9. The van der Waals surface area contributed by atoms with Gasteiger partial charge in [0, 0.05) is 17.0 Å². The van der Waals surface area contributed by atoms with E-state index in [1.54, 1.807) is 35.0 Å². The summed E-state index contributed by atoms with van der Waals surface area (Å²) in [6.45, 7) is 0.0502. The molecule has 1 aromatic heterocycles. The summed E-state index contributed by atoms with van der Waals surface area (Å²) >= 11 is 0. The van der Waals surface area contributed by atoms with Crippen LogP contribution in [0.4, 0.5) is 9.18 Å².